The van der Waals surface area contributed by atoms with Crippen LogP contribution in [0, 0.1) is 0 Å². The molecule has 36 heavy (non-hydrogen) atoms. The molecule has 4 atom stereocenters. The van der Waals surface area contributed by atoms with Gasteiger partial charge in [0.2, 0.25) is 0 Å². The van der Waals surface area contributed by atoms with Crippen molar-refractivity contribution < 1.29 is 0 Å². The zero-order valence-electron chi connectivity index (χ0n) is 19.3. The molecule has 0 fully saturated rings. The molecule has 0 radical (unpaired) electrons. The van der Waals surface area contributed by atoms with E-state index in [0.29, 0.717) is 0 Å². The summed E-state index contributed by atoms with van der Waals surface area (Å²) in [5.74, 6) is 0.775. The number of allylic oxidation sites excluding steroid dienone is 4. The van der Waals surface area contributed by atoms with Gasteiger partial charge in [-0.05, 0) is 70.8 Å². The van der Waals surface area contributed by atoms with Crippen LogP contribution in [0.25, 0.3) is 0 Å². The molecule has 0 bridgehead atoms. The zero-order chi connectivity index (χ0) is 21.6. The van der Waals surface area contributed by atoms with Crippen molar-refractivity contribution in [3.63, 3.8) is 0 Å². The second kappa shape index (κ2) is 15.4. The highest BCUT2D eigenvalue weighted by Crippen LogP contribution is 2.42. The molecule has 5 rings (SSSR count). The predicted molar refractivity (Wildman–Crippen MR) is 155 cm³/mol. The summed E-state index contributed by atoms with van der Waals surface area (Å²) in [5, 5.41) is 0. The van der Waals surface area contributed by atoms with Crippen molar-refractivity contribution >= 4 is 49.6 Å². The zero-order valence-corrected chi connectivity index (χ0v) is 22.5. The maximum Gasteiger partial charge on any atom is 0.0270 e. The van der Waals surface area contributed by atoms with Crippen molar-refractivity contribution in [3.05, 3.63) is 145 Å². The molecule has 188 valence electrons. The van der Waals surface area contributed by atoms with Crippen LogP contribution in [0.15, 0.2) is 122 Å². The molecule has 4 heterocycles. The molecule has 1 aliphatic carbocycles. The van der Waals surface area contributed by atoms with Crippen molar-refractivity contribution in [2.45, 2.75) is 23.7 Å². The number of aromatic nitrogens is 4. The van der Waals surface area contributed by atoms with Crippen LogP contribution in [0.1, 0.15) is 45.9 Å². The van der Waals surface area contributed by atoms with Crippen molar-refractivity contribution in [3.8, 4) is 0 Å². The first-order chi connectivity index (χ1) is 15.9. The fourth-order valence-corrected chi connectivity index (χ4v) is 4.57. The van der Waals surface area contributed by atoms with Gasteiger partial charge in [0.15, 0.2) is 0 Å². The van der Waals surface area contributed by atoms with E-state index in [0.717, 1.165) is 0 Å². The van der Waals surface area contributed by atoms with E-state index in [-0.39, 0.29) is 73.3 Å². The lowest BCUT2D eigenvalue weighted by Crippen LogP contribution is -2.14. The summed E-state index contributed by atoms with van der Waals surface area (Å²) in [4.78, 5) is 16.9. The van der Waals surface area contributed by atoms with Crippen molar-refractivity contribution in [1.29, 1.82) is 0 Å². The molecule has 1 aliphatic rings. The summed E-state index contributed by atoms with van der Waals surface area (Å²) in [6.45, 7) is 0. The van der Waals surface area contributed by atoms with Crippen LogP contribution >= 0.6 is 49.6 Å². The standard InChI is InChI=1S/C28H24N4.4ClH/c1-2-26(22-7-15-30-16-8-22)28(24-11-19-32-20-12-24)4-3-27(23-9-17-31-18-10-23)25(1)21-5-13-29-14-6-21;;;;/h1-20,25-28H;4*1H/b2-1-,4-3-;;;;. The minimum Gasteiger partial charge on any atom is -0.265 e. The van der Waals surface area contributed by atoms with Gasteiger partial charge in [-0.3, -0.25) is 19.9 Å². The van der Waals surface area contributed by atoms with Crippen LogP contribution in [0.3, 0.4) is 0 Å². The summed E-state index contributed by atoms with van der Waals surface area (Å²) < 4.78 is 0. The minimum absolute atomic E-state index is 0. The molecule has 4 aromatic heterocycles. The van der Waals surface area contributed by atoms with Crippen LogP contribution in [0.2, 0.25) is 0 Å². The average Bonchev–Trinajstić information content (AvgIpc) is 2.86. The molecule has 4 nitrogen and oxygen atoms in total. The van der Waals surface area contributed by atoms with E-state index < -0.39 is 0 Å². The van der Waals surface area contributed by atoms with Gasteiger partial charge in [-0.2, -0.15) is 0 Å². The Morgan fingerprint density at radius 2 is 0.472 bits per heavy atom. The summed E-state index contributed by atoms with van der Waals surface area (Å²) in [6, 6.07) is 16.9. The van der Waals surface area contributed by atoms with Gasteiger partial charge in [-0.15, -0.1) is 49.6 Å². The molecule has 0 amide bonds. The van der Waals surface area contributed by atoms with Gasteiger partial charge >= 0.3 is 0 Å². The van der Waals surface area contributed by atoms with E-state index in [1.54, 1.807) is 0 Å². The molecule has 8 heteroatoms. The number of halogens is 4. The number of rotatable bonds is 4. The van der Waals surface area contributed by atoms with Gasteiger partial charge in [-0.1, -0.05) is 24.3 Å². The number of hydrogen-bond donors (Lipinski definition) is 0. The van der Waals surface area contributed by atoms with Crippen LogP contribution in [-0.4, -0.2) is 19.9 Å². The van der Waals surface area contributed by atoms with E-state index in [9.17, 15) is 0 Å². The lowest BCUT2D eigenvalue weighted by molar-refractivity contribution is 0.672. The lowest BCUT2D eigenvalue weighted by atomic mass is 9.74. The molecular weight excluding hydrogens is 534 g/mol. The molecule has 0 spiro atoms. The molecule has 0 saturated heterocycles. The molecule has 0 aliphatic heterocycles. The number of nitrogens with zero attached hydrogens (tertiary/aromatic N) is 4. The van der Waals surface area contributed by atoms with Crippen LogP contribution in [0.4, 0.5) is 0 Å². The first kappa shape index (κ1) is 31.3. The summed E-state index contributed by atoms with van der Waals surface area (Å²) in [7, 11) is 0. The average molecular weight is 562 g/mol. The van der Waals surface area contributed by atoms with E-state index >= 15 is 0 Å². The molecule has 0 saturated carbocycles. The van der Waals surface area contributed by atoms with Gasteiger partial charge in [0, 0.05) is 73.2 Å². The topological polar surface area (TPSA) is 51.6 Å². The highest BCUT2D eigenvalue weighted by Gasteiger charge is 2.27. The largest absolute Gasteiger partial charge is 0.265 e. The quantitative estimate of drug-likeness (QED) is 0.242. The third kappa shape index (κ3) is 7.14. The van der Waals surface area contributed by atoms with Crippen molar-refractivity contribution in [1.82, 2.24) is 19.9 Å². The Labute approximate surface area is 237 Å². The maximum absolute atomic E-state index is 4.23. The molecule has 0 N–H and O–H groups in total. The SMILES string of the molecule is C1=C\C(c2ccncc2)C(c2ccncc2)/C=C\C(c2ccncc2)C/1c1ccncc1.Cl.Cl.Cl.Cl. The van der Waals surface area contributed by atoms with E-state index in [1.165, 1.54) is 22.3 Å². The Bertz CT molecular complexity index is 1000. The normalized spacial score (nSPS) is 22.0. The summed E-state index contributed by atoms with van der Waals surface area (Å²) in [6.07, 6.45) is 24.4. The maximum atomic E-state index is 4.23. The van der Waals surface area contributed by atoms with E-state index in [2.05, 4.69) is 92.8 Å². The van der Waals surface area contributed by atoms with Crippen molar-refractivity contribution in [2.24, 2.45) is 0 Å². The first-order valence-electron chi connectivity index (χ1n) is 10.9. The van der Waals surface area contributed by atoms with Crippen LogP contribution < -0.4 is 0 Å². The summed E-state index contributed by atoms with van der Waals surface area (Å²) in [5.41, 5.74) is 4.99. The second-order valence-corrected chi connectivity index (χ2v) is 8.00. The Morgan fingerprint density at radius 1 is 0.306 bits per heavy atom. The van der Waals surface area contributed by atoms with Gasteiger partial charge in [0.25, 0.3) is 0 Å². The third-order valence-electron chi connectivity index (χ3n) is 6.19. The summed E-state index contributed by atoms with van der Waals surface area (Å²) >= 11 is 0. The molecular formula is C28H28Cl4N4. The van der Waals surface area contributed by atoms with Gasteiger partial charge in [-0.25, -0.2) is 0 Å². The molecule has 4 unspecified atom stereocenters. The highest BCUT2D eigenvalue weighted by atomic mass is 35.5. The number of pyridine rings is 4. The second-order valence-electron chi connectivity index (χ2n) is 8.00. The Kier molecular flexibility index (Phi) is 13.4. The number of hydrogen-bond acceptors (Lipinski definition) is 4. The fourth-order valence-electron chi connectivity index (χ4n) is 4.57. The minimum atomic E-state index is 0. The first-order valence-corrected chi connectivity index (χ1v) is 10.9. The van der Waals surface area contributed by atoms with E-state index in [4.69, 9.17) is 0 Å². The monoisotopic (exact) mass is 560 g/mol. The fraction of sp³-hybridized carbons (Fsp3) is 0.143. The van der Waals surface area contributed by atoms with Crippen LogP contribution in [-0.2, 0) is 0 Å². The van der Waals surface area contributed by atoms with Gasteiger partial charge < -0.3 is 0 Å². The third-order valence-corrected chi connectivity index (χ3v) is 6.19. The molecule has 0 aromatic carbocycles. The van der Waals surface area contributed by atoms with Gasteiger partial charge in [0.1, 0.15) is 0 Å². The smallest absolute Gasteiger partial charge is 0.0270 e. The Balaban J connectivity index is 0.00000162. The highest BCUT2D eigenvalue weighted by molar-refractivity contribution is 5.86. The van der Waals surface area contributed by atoms with Crippen molar-refractivity contribution in [2.75, 3.05) is 0 Å². The van der Waals surface area contributed by atoms with Gasteiger partial charge in [0.05, 0.1) is 0 Å². The van der Waals surface area contributed by atoms with Crippen LogP contribution in [0.5, 0.6) is 0 Å². The Morgan fingerprint density at radius 3 is 0.639 bits per heavy atom. The predicted octanol–water partition coefficient (Wildman–Crippen LogP) is 7.51. The molecule has 4 aromatic rings. The van der Waals surface area contributed by atoms with E-state index in [1.807, 2.05) is 49.6 Å². The lowest BCUT2D eigenvalue weighted by Gasteiger charge is -2.30. The Hall–Kier alpha value is -2.76.